The molecular weight excluding hydrogens is 202 g/mol. The van der Waals surface area contributed by atoms with Crippen LogP contribution in [-0.2, 0) is 9.47 Å². The number of hydrogen-bond acceptors (Lipinski definition) is 3. The van der Waals surface area contributed by atoms with E-state index in [1.807, 2.05) is 0 Å². The molecule has 1 saturated heterocycles. The van der Waals surface area contributed by atoms with Crippen molar-refractivity contribution in [3.8, 4) is 0 Å². The summed E-state index contributed by atoms with van der Waals surface area (Å²) < 4.78 is 11.3. The minimum absolute atomic E-state index is 0.106. The van der Waals surface area contributed by atoms with Gasteiger partial charge in [0.25, 0.3) is 0 Å². The molecule has 1 fully saturated rings. The van der Waals surface area contributed by atoms with Gasteiger partial charge in [0.1, 0.15) is 6.23 Å². The van der Waals surface area contributed by atoms with Crippen molar-refractivity contribution in [3.05, 3.63) is 0 Å². The van der Waals surface area contributed by atoms with E-state index in [-0.39, 0.29) is 17.2 Å². The van der Waals surface area contributed by atoms with Gasteiger partial charge >= 0.3 is 0 Å². The first kappa shape index (κ1) is 13.9. The second kappa shape index (κ2) is 4.63. The second-order valence-electron chi connectivity index (χ2n) is 6.46. The van der Waals surface area contributed by atoms with Crippen molar-refractivity contribution in [1.29, 1.82) is 0 Å². The Morgan fingerprint density at radius 3 is 2.06 bits per heavy atom. The van der Waals surface area contributed by atoms with Crippen molar-refractivity contribution in [2.75, 3.05) is 20.8 Å². The van der Waals surface area contributed by atoms with Crippen LogP contribution in [-0.4, -0.2) is 43.5 Å². The van der Waals surface area contributed by atoms with E-state index in [2.05, 4.69) is 39.5 Å². The van der Waals surface area contributed by atoms with Crippen LogP contribution in [0.25, 0.3) is 0 Å². The second-order valence-corrected chi connectivity index (χ2v) is 6.46. The standard InChI is InChI=1S/C13H27NO2/c1-12(2,3)14-9-10(15-6)8-13(4,5)11(14)16-7/h10-11H,8-9H2,1-7H3. The number of hydrogen-bond donors (Lipinski definition) is 0. The summed E-state index contributed by atoms with van der Waals surface area (Å²) in [4.78, 5) is 2.41. The van der Waals surface area contributed by atoms with E-state index in [9.17, 15) is 0 Å². The molecular formula is C13H27NO2. The Bertz CT molecular complexity index is 233. The SMILES string of the molecule is COC1CN(C(C)(C)C)C(OC)C(C)(C)C1. The molecule has 0 radical (unpaired) electrons. The third-order valence-electron chi connectivity index (χ3n) is 3.52. The Labute approximate surface area is 100 Å². The summed E-state index contributed by atoms with van der Waals surface area (Å²) in [7, 11) is 3.60. The summed E-state index contributed by atoms with van der Waals surface area (Å²) in [6, 6.07) is 0. The third-order valence-corrected chi connectivity index (χ3v) is 3.52. The number of likely N-dealkylation sites (tertiary alicyclic amines) is 1. The molecule has 0 aromatic carbocycles. The zero-order valence-corrected chi connectivity index (χ0v) is 11.8. The highest BCUT2D eigenvalue weighted by Gasteiger charge is 2.45. The van der Waals surface area contributed by atoms with Crippen LogP contribution in [0.3, 0.4) is 0 Å². The highest BCUT2D eigenvalue weighted by atomic mass is 16.5. The van der Waals surface area contributed by atoms with Gasteiger partial charge in [0, 0.05) is 31.7 Å². The molecule has 0 aromatic rings. The van der Waals surface area contributed by atoms with Crippen LogP contribution < -0.4 is 0 Å². The van der Waals surface area contributed by atoms with Crippen molar-refractivity contribution in [3.63, 3.8) is 0 Å². The summed E-state index contributed by atoms with van der Waals surface area (Å²) >= 11 is 0. The molecule has 2 atom stereocenters. The van der Waals surface area contributed by atoms with E-state index < -0.39 is 0 Å². The van der Waals surface area contributed by atoms with Crippen molar-refractivity contribution in [2.45, 2.75) is 58.9 Å². The zero-order valence-electron chi connectivity index (χ0n) is 11.8. The van der Waals surface area contributed by atoms with Crippen LogP contribution in [0.4, 0.5) is 0 Å². The number of nitrogens with zero attached hydrogens (tertiary/aromatic N) is 1. The van der Waals surface area contributed by atoms with Crippen molar-refractivity contribution in [2.24, 2.45) is 5.41 Å². The first-order chi connectivity index (χ1) is 7.22. The van der Waals surface area contributed by atoms with E-state index >= 15 is 0 Å². The molecule has 0 spiro atoms. The lowest BCUT2D eigenvalue weighted by molar-refractivity contribution is -0.190. The lowest BCUT2D eigenvalue weighted by Gasteiger charge is -2.53. The van der Waals surface area contributed by atoms with E-state index in [1.165, 1.54) is 0 Å². The van der Waals surface area contributed by atoms with Gasteiger partial charge in [-0.15, -0.1) is 0 Å². The largest absolute Gasteiger partial charge is 0.380 e. The fourth-order valence-electron chi connectivity index (χ4n) is 2.72. The summed E-state index contributed by atoms with van der Waals surface area (Å²) in [5, 5.41) is 0. The number of methoxy groups -OCH3 is 2. The quantitative estimate of drug-likeness (QED) is 0.726. The number of rotatable bonds is 2. The Kier molecular flexibility index (Phi) is 4.04. The molecule has 3 nitrogen and oxygen atoms in total. The van der Waals surface area contributed by atoms with Crippen LogP contribution in [0.2, 0.25) is 0 Å². The predicted octanol–water partition coefficient (Wildman–Crippen LogP) is 2.50. The highest BCUT2D eigenvalue weighted by molar-refractivity contribution is 4.94. The third kappa shape index (κ3) is 2.76. The molecule has 3 heteroatoms. The lowest BCUT2D eigenvalue weighted by Crippen LogP contribution is -2.61. The topological polar surface area (TPSA) is 21.7 Å². The van der Waals surface area contributed by atoms with E-state index in [1.54, 1.807) is 14.2 Å². The molecule has 1 aliphatic heterocycles. The fraction of sp³-hybridized carbons (Fsp3) is 1.00. The van der Waals surface area contributed by atoms with Gasteiger partial charge < -0.3 is 9.47 Å². The van der Waals surface area contributed by atoms with Gasteiger partial charge in [-0.05, 0) is 27.2 Å². The molecule has 0 N–H and O–H groups in total. The Morgan fingerprint density at radius 1 is 1.12 bits per heavy atom. The highest BCUT2D eigenvalue weighted by Crippen LogP contribution is 2.39. The van der Waals surface area contributed by atoms with Gasteiger partial charge in [-0.1, -0.05) is 13.8 Å². The summed E-state index contributed by atoms with van der Waals surface area (Å²) in [5.41, 5.74) is 0.232. The Morgan fingerprint density at radius 2 is 1.69 bits per heavy atom. The average Bonchev–Trinajstić information content (AvgIpc) is 2.13. The van der Waals surface area contributed by atoms with Gasteiger partial charge in [-0.3, -0.25) is 4.90 Å². The van der Waals surface area contributed by atoms with E-state index in [4.69, 9.17) is 9.47 Å². The zero-order chi connectivity index (χ0) is 12.6. The fourth-order valence-corrected chi connectivity index (χ4v) is 2.72. The molecule has 0 aromatic heterocycles. The minimum atomic E-state index is 0.106. The van der Waals surface area contributed by atoms with Crippen molar-refractivity contribution >= 4 is 0 Å². The molecule has 0 bridgehead atoms. The van der Waals surface area contributed by atoms with Crippen LogP contribution in [0, 0.1) is 5.41 Å². The molecule has 1 heterocycles. The summed E-state index contributed by atoms with van der Waals surface area (Å²) in [6.45, 7) is 12.1. The van der Waals surface area contributed by atoms with Crippen LogP contribution in [0.1, 0.15) is 41.0 Å². The first-order valence-electron chi connectivity index (χ1n) is 6.04. The van der Waals surface area contributed by atoms with Gasteiger partial charge in [-0.2, -0.15) is 0 Å². The molecule has 96 valence electrons. The maximum Gasteiger partial charge on any atom is 0.115 e. The smallest absolute Gasteiger partial charge is 0.115 e. The van der Waals surface area contributed by atoms with Gasteiger partial charge in [-0.25, -0.2) is 0 Å². The first-order valence-corrected chi connectivity index (χ1v) is 6.04. The van der Waals surface area contributed by atoms with Crippen LogP contribution in [0.5, 0.6) is 0 Å². The maximum atomic E-state index is 5.71. The maximum absolute atomic E-state index is 5.71. The van der Waals surface area contributed by atoms with Crippen LogP contribution in [0.15, 0.2) is 0 Å². The molecule has 1 rings (SSSR count). The molecule has 0 aliphatic carbocycles. The number of piperidine rings is 1. The molecule has 16 heavy (non-hydrogen) atoms. The minimum Gasteiger partial charge on any atom is -0.380 e. The van der Waals surface area contributed by atoms with Gasteiger partial charge in [0.2, 0.25) is 0 Å². The normalized spacial score (nSPS) is 31.7. The van der Waals surface area contributed by atoms with Crippen LogP contribution >= 0.6 is 0 Å². The van der Waals surface area contributed by atoms with Gasteiger partial charge in [0.05, 0.1) is 6.10 Å². The number of ether oxygens (including phenoxy) is 2. The monoisotopic (exact) mass is 229 g/mol. The van der Waals surface area contributed by atoms with E-state index in [0.29, 0.717) is 6.10 Å². The molecule has 1 aliphatic rings. The average molecular weight is 229 g/mol. The lowest BCUT2D eigenvalue weighted by atomic mass is 9.78. The summed E-state index contributed by atoms with van der Waals surface area (Å²) in [6.07, 6.45) is 1.52. The molecule has 0 saturated carbocycles. The Balaban J connectivity index is 2.94. The van der Waals surface area contributed by atoms with Gasteiger partial charge in [0.15, 0.2) is 0 Å². The van der Waals surface area contributed by atoms with Crippen molar-refractivity contribution < 1.29 is 9.47 Å². The van der Waals surface area contributed by atoms with Crippen molar-refractivity contribution in [1.82, 2.24) is 4.90 Å². The Hall–Kier alpha value is -0.120. The van der Waals surface area contributed by atoms with E-state index in [0.717, 1.165) is 13.0 Å². The summed E-state index contributed by atoms with van der Waals surface area (Å²) in [5.74, 6) is 0. The molecule has 2 unspecified atom stereocenters. The molecule has 0 amide bonds. The predicted molar refractivity (Wildman–Crippen MR) is 66.5 cm³/mol.